The number of phenols is 1. The molecule has 0 fully saturated rings. The highest BCUT2D eigenvalue weighted by molar-refractivity contribution is 6.04. The van der Waals surface area contributed by atoms with E-state index in [4.69, 9.17) is 4.74 Å². The first-order valence-corrected chi connectivity index (χ1v) is 8.65. The van der Waals surface area contributed by atoms with Crippen LogP contribution in [0.1, 0.15) is 11.1 Å². The number of para-hydroxylation sites is 1. The van der Waals surface area contributed by atoms with Crippen molar-refractivity contribution in [2.75, 3.05) is 7.11 Å². The number of aromatic hydroxyl groups is 1. The smallest absolute Gasteiger partial charge is 0.298 e. The molecule has 0 spiro atoms. The van der Waals surface area contributed by atoms with Crippen LogP contribution in [-0.2, 0) is 6.42 Å². The second kappa shape index (κ2) is 7.03. The number of ether oxygens (including phenoxy) is 1. The number of nitrogens with zero attached hydrogens (tertiary/aromatic N) is 3. The van der Waals surface area contributed by atoms with Gasteiger partial charge in [-0.2, -0.15) is 9.78 Å². The molecule has 0 radical (unpaired) electrons. The van der Waals surface area contributed by atoms with Gasteiger partial charge in [0.1, 0.15) is 28.9 Å². The first kappa shape index (κ1) is 17.5. The maximum absolute atomic E-state index is 12.8. The molecule has 0 aliphatic carbocycles. The fourth-order valence-corrected chi connectivity index (χ4v) is 3.10. The normalized spacial score (nSPS) is 11.5. The third-order valence-electron chi connectivity index (χ3n) is 4.53. The average Bonchev–Trinajstić information content (AvgIpc) is 3.08. The van der Waals surface area contributed by atoms with Crippen molar-refractivity contribution in [1.82, 2.24) is 14.6 Å². The summed E-state index contributed by atoms with van der Waals surface area (Å²) in [4.78, 5) is 20.3. The van der Waals surface area contributed by atoms with Gasteiger partial charge in [0, 0.05) is 17.0 Å². The summed E-state index contributed by atoms with van der Waals surface area (Å²) in [5, 5.41) is 15.3. The van der Waals surface area contributed by atoms with Crippen LogP contribution in [0.3, 0.4) is 0 Å². The molecule has 4 rings (SSSR count). The van der Waals surface area contributed by atoms with E-state index >= 15 is 0 Å². The highest BCUT2D eigenvalue weighted by Crippen LogP contribution is 2.25. The first-order chi connectivity index (χ1) is 13.6. The lowest BCUT2D eigenvalue weighted by molar-refractivity contribution is 0.415. The Morgan fingerprint density at radius 1 is 1.36 bits per heavy atom. The maximum Gasteiger partial charge on any atom is 0.298 e. The predicted molar refractivity (Wildman–Crippen MR) is 109 cm³/mol. The standard InChI is InChI=1S/C21H18N4O3/c1-3-5-13-6-4-7-14(20(13)26)11-23-25-12-22-18-16-9-8-15(28-2)10-17(16)24-19(18)21(25)27/h3-4,6-12,24,26H,1,5H2,2H3. The van der Waals surface area contributed by atoms with E-state index in [0.29, 0.717) is 28.8 Å². The van der Waals surface area contributed by atoms with E-state index in [1.165, 1.54) is 12.5 Å². The highest BCUT2D eigenvalue weighted by Gasteiger charge is 2.11. The van der Waals surface area contributed by atoms with Gasteiger partial charge in [-0.25, -0.2) is 4.98 Å². The van der Waals surface area contributed by atoms with E-state index in [9.17, 15) is 9.90 Å². The van der Waals surface area contributed by atoms with Gasteiger partial charge in [-0.05, 0) is 30.2 Å². The van der Waals surface area contributed by atoms with Crippen molar-refractivity contribution in [2.24, 2.45) is 5.10 Å². The van der Waals surface area contributed by atoms with Gasteiger partial charge in [0.15, 0.2) is 0 Å². The monoisotopic (exact) mass is 374 g/mol. The minimum absolute atomic E-state index is 0.117. The van der Waals surface area contributed by atoms with E-state index in [2.05, 4.69) is 21.6 Å². The van der Waals surface area contributed by atoms with Crippen LogP contribution in [0.4, 0.5) is 0 Å². The van der Waals surface area contributed by atoms with Crippen LogP contribution < -0.4 is 10.3 Å². The molecule has 0 amide bonds. The quantitative estimate of drug-likeness (QED) is 0.414. The van der Waals surface area contributed by atoms with Crippen molar-refractivity contribution < 1.29 is 9.84 Å². The molecule has 0 atom stereocenters. The van der Waals surface area contributed by atoms with Gasteiger partial charge < -0.3 is 14.8 Å². The van der Waals surface area contributed by atoms with E-state index in [-0.39, 0.29) is 11.3 Å². The number of nitrogens with one attached hydrogen (secondary N) is 1. The van der Waals surface area contributed by atoms with Crippen molar-refractivity contribution in [2.45, 2.75) is 6.42 Å². The number of hydrogen-bond donors (Lipinski definition) is 2. The molecule has 0 bridgehead atoms. The largest absolute Gasteiger partial charge is 0.507 e. The fraction of sp³-hybridized carbons (Fsp3) is 0.0952. The third-order valence-corrected chi connectivity index (χ3v) is 4.53. The van der Waals surface area contributed by atoms with Crippen molar-refractivity contribution in [1.29, 1.82) is 0 Å². The summed E-state index contributed by atoms with van der Waals surface area (Å²) in [5.74, 6) is 0.804. The van der Waals surface area contributed by atoms with E-state index < -0.39 is 0 Å². The van der Waals surface area contributed by atoms with Gasteiger partial charge in [-0.1, -0.05) is 18.2 Å². The minimum Gasteiger partial charge on any atom is -0.507 e. The number of benzene rings is 2. The van der Waals surface area contributed by atoms with E-state index in [1.54, 1.807) is 19.3 Å². The number of methoxy groups -OCH3 is 1. The lowest BCUT2D eigenvalue weighted by Gasteiger charge is -2.04. The van der Waals surface area contributed by atoms with Gasteiger partial charge in [-0.15, -0.1) is 6.58 Å². The zero-order valence-corrected chi connectivity index (χ0v) is 15.2. The summed E-state index contributed by atoms with van der Waals surface area (Å²) in [6, 6.07) is 10.8. The van der Waals surface area contributed by atoms with E-state index in [1.807, 2.05) is 30.3 Å². The van der Waals surface area contributed by atoms with Crippen LogP contribution in [0.2, 0.25) is 0 Å². The minimum atomic E-state index is -0.335. The highest BCUT2D eigenvalue weighted by atomic mass is 16.5. The summed E-state index contributed by atoms with van der Waals surface area (Å²) in [7, 11) is 1.59. The Kier molecular flexibility index (Phi) is 4.41. The summed E-state index contributed by atoms with van der Waals surface area (Å²) >= 11 is 0. The fourth-order valence-electron chi connectivity index (χ4n) is 3.10. The lowest BCUT2D eigenvalue weighted by Crippen LogP contribution is -2.17. The van der Waals surface area contributed by atoms with E-state index in [0.717, 1.165) is 21.1 Å². The molecule has 0 aliphatic rings. The molecule has 4 aromatic rings. The van der Waals surface area contributed by atoms with Crippen LogP contribution >= 0.6 is 0 Å². The van der Waals surface area contributed by atoms with Gasteiger partial charge in [0.2, 0.25) is 0 Å². The maximum atomic E-state index is 12.8. The van der Waals surface area contributed by atoms with Gasteiger partial charge in [0.25, 0.3) is 5.56 Å². The molecular formula is C21H18N4O3. The van der Waals surface area contributed by atoms with Gasteiger partial charge in [0.05, 0.1) is 18.8 Å². The summed E-state index contributed by atoms with van der Waals surface area (Å²) in [6.07, 6.45) is 5.05. The van der Waals surface area contributed by atoms with Gasteiger partial charge in [-0.3, -0.25) is 4.79 Å². The van der Waals surface area contributed by atoms with Crippen LogP contribution in [0.25, 0.3) is 21.9 Å². The lowest BCUT2D eigenvalue weighted by atomic mass is 10.1. The van der Waals surface area contributed by atoms with Crippen LogP contribution in [-0.4, -0.2) is 33.1 Å². The van der Waals surface area contributed by atoms with Crippen molar-refractivity contribution in [3.63, 3.8) is 0 Å². The molecule has 140 valence electrons. The molecule has 0 saturated carbocycles. The number of H-pyrrole nitrogens is 1. The van der Waals surface area contributed by atoms with Gasteiger partial charge >= 0.3 is 0 Å². The second-order valence-corrected chi connectivity index (χ2v) is 6.25. The molecule has 7 nitrogen and oxygen atoms in total. The molecule has 0 saturated heterocycles. The Labute approximate surface area is 160 Å². The Morgan fingerprint density at radius 2 is 2.21 bits per heavy atom. The van der Waals surface area contributed by atoms with Crippen molar-refractivity contribution in [3.8, 4) is 11.5 Å². The molecule has 0 aliphatic heterocycles. The summed E-state index contributed by atoms with van der Waals surface area (Å²) < 4.78 is 6.35. The number of fused-ring (bicyclic) bond motifs is 3. The first-order valence-electron chi connectivity index (χ1n) is 8.65. The molecule has 2 aromatic heterocycles. The second-order valence-electron chi connectivity index (χ2n) is 6.25. The Hall–Kier alpha value is -3.87. The molecule has 0 unspecified atom stereocenters. The topological polar surface area (TPSA) is 92.5 Å². The SMILES string of the molecule is C=CCc1cccc(C=Nn2cnc3c([nH]c4cc(OC)ccc43)c2=O)c1O. The van der Waals surface area contributed by atoms with Crippen LogP contribution in [0, 0.1) is 0 Å². The van der Waals surface area contributed by atoms with Crippen molar-refractivity contribution in [3.05, 3.63) is 76.9 Å². The summed E-state index contributed by atoms with van der Waals surface area (Å²) in [6.45, 7) is 3.68. The Bertz CT molecular complexity index is 1280. The number of hydrogen-bond acceptors (Lipinski definition) is 5. The Balaban J connectivity index is 1.78. The molecule has 28 heavy (non-hydrogen) atoms. The average molecular weight is 374 g/mol. The molecule has 2 aromatic carbocycles. The van der Waals surface area contributed by atoms with Crippen LogP contribution in [0.15, 0.2) is 65.3 Å². The zero-order chi connectivity index (χ0) is 19.7. The number of allylic oxidation sites excluding steroid dienone is 1. The molecular weight excluding hydrogens is 356 g/mol. The number of rotatable bonds is 5. The molecule has 7 heteroatoms. The summed E-state index contributed by atoms with van der Waals surface area (Å²) in [5.41, 5.74) is 2.60. The molecule has 2 heterocycles. The zero-order valence-electron chi connectivity index (χ0n) is 15.2. The Morgan fingerprint density at radius 3 is 3.00 bits per heavy atom. The van der Waals surface area contributed by atoms with Crippen LogP contribution in [0.5, 0.6) is 11.5 Å². The van der Waals surface area contributed by atoms with Crippen molar-refractivity contribution >= 4 is 28.2 Å². The predicted octanol–water partition coefficient (Wildman–Crippen LogP) is 3.20. The number of aromatic amines is 1. The third kappa shape index (κ3) is 2.92. The number of phenolic OH excluding ortho intramolecular Hbond substituents is 1. The molecule has 2 N–H and O–H groups in total. The number of aromatic nitrogens is 3.